The van der Waals surface area contributed by atoms with Gasteiger partial charge in [0.2, 0.25) is 0 Å². The molecular formula is C5H10O5. The Kier molecular flexibility index (Phi) is 1.53. The molecule has 1 aliphatic heterocycles. The predicted octanol–water partition coefficient (Wildman–Crippen LogP) is -2.58. The van der Waals surface area contributed by atoms with Crippen molar-refractivity contribution in [2.45, 2.75) is 24.6 Å². The summed E-state index contributed by atoms with van der Waals surface area (Å²) in [6.07, 6.45) is -6.49. The lowest BCUT2D eigenvalue weighted by atomic mass is 10.1. The van der Waals surface area contributed by atoms with E-state index in [-0.39, 0.29) is 0 Å². The predicted molar refractivity (Wildman–Crippen MR) is 30.0 cm³/mol. The van der Waals surface area contributed by atoms with Crippen LogP contribution in [0.4, 0.5) is 0 Å². The van der Waals surface area contributed by atoms with Gasteiger partial charge in [0.1, 0.15) is 18.3 Å². The number of aliphatic hydroxyl groups excluding tert-OH is 3. The molecular weight excluding hydrogens is 140 g/mol. The third kappa shape index (κ3) is 1.14. The van der Waals surface area contributed by atoms with E-state index in [2.05, 4.69) is 4.74 Å². The third-order valence-electron chi connectivity index (χ3n) is 1.37. The molecule has 1 aliphatic rings. The Labute approximate surface area is 60.3 Å². The number of rotatable bonds is 1. The molecule has 0 bridgehead atoms. The average Bonchev–Trinajstić information content (AvgIpc) is 2.15. The first-order valence-electron chi connectivity index (χ1n) is 3.76. The van der Waals surface area contributed by atoms with Crippen LogP contribution in [0.25, 0.3) is 0 Å². The van der Waals surface area contributed by atoms with E-state index in [4.69, 9.17) is 23.2 Å². The SMILES string of the molecule is [2H]C([2H])(O)[C@H]1O[C@@H](O)C(O)[C@H]1O. The molecule has 1 heterocycles. The molecule has 0 radical (unpaired) electrons. The third-order valence-corrected chi connectivity index (χ3v) is 1.37. The molecule has 5 nitrogen and oxygen atoms in total. The first kappa shape index (κ1) is 5.45. The first-order chi connectivity index (χ1) is 5.34. The fourth-order valence-electron chi connectivity index (χ4n) is 0.766. The Bertz CT molecular complexity index is 170. The van der Waals surface area contributed by atoms with Gasteiger partial charge in [0.05, 0.1) is 9.30 Å². The number of hydrogen-bond donors (Lipinski definition) is 4. The first-order valence-corrected chi connectivity index (χ1v) is 2.76. The molecule has 1 fully saturated rings. The van der Waals surface area contributed by atoms with Crippen LogP contribution in [0.5, 0.6) is 0 Å². The largest absolute Gasteiger partial charge is 0.394 e. The van der Waals surface area contributed by atoms with Crippen molar-refractivity contribution in [3.05, 3.63) is 0 Å². The molecule has 4 N–H and O–H groups in total. The summed E-state index contributed by atoms with van der Waals surface area (Å²) in [5, 5.41) is 35.5. The lowest BCUT2D eigenvalue weighted by Crippen LogP contribution is -2.33. The minimum Gasteiger partial charge on any atom is -0.394 e. The van der Waals surface area contributed by atoms with Gasteiger partial charge in [-0.3, -0.25) is 0 Å². The average molecular weight is 152 g/mol. The normalized spacial score (nSPS) is 52.4. The van der Waals surface area contributed by atoms with Gasteiger partial charge in [0, 0.05) is 0 Å². The van der Waals surface area contributed by atoms with Gasteiger partial charge in [-0.15, -0.1) is 0 Å². The fraction of sp³-hybridized carbons (Fsp3) is 1.00. The summed E-state index contributed by atoms with van der Waals surface area (Å²) in [5.41, 5.74) is 0. The molecule has 1 saturated heterocycles. The smallest absolute Gasteiger partial charge is 0.184 e. The summed E-state index contributed by atoms with van der Waals surface area (Å²) in [5.74, 6) is 0. The van der Waals surface area contributed by atoms with E-state index < -0.39 is 31.2 Å². The molecule has 0 aromatic carbocycles. The maximum absolute atomic E-state index is 9.03. The number of ether oxygens (including phenoxy) is 1. The molecule has 0 amide bonds. The highest BCUT2D eigenvalue weighted by molar-refractivity contribution is 4.84. The van der Waals surface area contributed by atoms with Crippen molar-refractivity contribution in [3.63, 3.8) is 0 Å². The second-order valence-electron chi connectivity index (χ2n) is 2.06. The Morgan fingerprint density at radius 3 is 2.10 bits per heavy atom. The quantitative estimate of drug-likeness (QED) is 0.331. The molecule has 0 aliphatic carbocycles. The highest BCUT2D eigenvalue weighted by Gasteiger charge is 2.41. The van der Waals surface area contributed by atoms with Gasteiger partial charge in [-0.1, -0.05) is 0 Å². The van der Waals surface area contributed by atoms with Crippen LogP contribution in [-0.4, -0.2) is 51.6 Å². The zero-order chi connectivity index (χ0) is 9.52. The monoisotopic (exact) mass is 152 g/mol. The minimum atomic E-state index is -2.78. The number of aliphatic hydroxyl groups is 4. The van der Waals surface area contributed by atoms with Gasteiger partial charge >= 0.3 is 0 Å². The molecule has 1 unspecified atom stereocenters. The molecule has 0 aromatic rings. The maximum atomic E-state index is 9.03. The minimum absolute atomic E-state index is 1.59. The standard InChI is InChI=1S/C5H10O5/c6-1-2-3(7)4(8)5(9)10-2/h2-9H,1H2/t2-,3+,4?,5-/m1/s1/i1D2. The zero-order valence-corrected chi connectivity index (χ0v) is 5.01. The van der Waals surface area contributed by atoms with Crippen LogP contribution < -0.4 is 0 Å². The van der Waals surface area contributed by atoms with Crippen LogP contribution in [0.3, 0.4) is 0 Å². The van der Waals surface area contributed by atoms with E-state index in [9.17, 15) is 0 Å². The zero-order valence-electron chi connectivity index (χ0n) is 7.01. The van der Waals surface area contributed by atoms with Gasteiger partial charge in [-0.2, -0.15) is 0 Å². The molecule has 5 heteroatoms. The molecule has 10 heavy (non-hydrogen) atoms. The molecule has 4 atom stereocenters. The van der Waals surface area contributed by atoms with Crippen LogP contribution in [0.1, 0.15) is 2.74 Å². The van der Waals surface area contributed by atoms with Crippen molar-refractivity contribution in [1.29, 1.82) is 0 Å². The van der Waals surface area contributed by atoms with E-state index in [0.29, 0.717) is 0 Å². The summed E-state index contributed by atoms with van der Waals surface area (Å²) in [7, 11) is 0. The van der Waals surface area contributed by atoms with Crippen LogP contribution in [0, 0.1) is 0 Å². The summed E-state index contributed by atoms with van der Waals surface area (Å²) in [4.78, 5) is 0. The van der Waals surface area contributed by atoms with Crippen molar-refractivity contribution < 1.29 is 27.9 Å². The maximum Gasteiger partial charge on any atom is 0.184 e. The summed E-state index contributed by atoms with van der Waals surface area (Å²) >= 11 is 0. The van der Waals surface area contributed by atoms with Gasteiger partial charge in [-0.25, -0.2) is 0 Å². The number of hydrogen-bond acceptors (Lipinski definition) is 5. The van der Waals surface area contributed by atoms with Crippen LogP contribution in [0.2, 0.25) is 0 Å². The summed E-state index contributed by atoms with van der Waals surface area (Å²) in [6.45, 7) is -2.78. The fourth-order valence-corrected chi connectivity index (χ4v) is 0.766. The van der Waals surface area contributed by atoms with Gasteiger partial charge in [-0.05, 0) is 0 Å². The van der Waals surface area contributed by atoms with Crippen molar-refractivity contribution in [1.82, 2.24) is 0 Å². The van der Waals surface area contributed by atoms with Crippen molar-refractivity contribution in [3.8, 4) is 0 Å². The second-order valence-corrected chi connectivity index (χ2v) is 2.06. The second kappa shape index (κ2) is 2.81. The Hall–Kier alpha value is -0.200. The van der Waals surface area contributed by atoms with Gasteiger partial charge in [0.25, 0.3) is 0 Å². The van der Waals surface area contributed by atoms with Crippen molar-refractivity contribution in [2.75, 3.05) is 6.56 Å². The Morgan fingerprint density at radius 1 is 1.30 bits per heavy atom. The van der Waals surface area contributed by atoms with Gasteiger partial charge < -0.3 is 25.2 Å². The van der Waals surface area contributed by atoms with E-state index in [0.717, 1.165) is 0 Å². The van der Waals surface area contributed by atoms with Crippen LogP contribution in [0.15, 0.2) is 0 Å². The van der Waals surface area contributed by atoms with E-state index >= 15 is 0 Å². The van der Waals surface area contributed by atoms with Crippen molar-refractivity contribution in [2.24, 2.45) is 0 Å². The highest BCUT2D eigenvalue weighted by atomic mass is 16.6. The summed E-state index contributed by atoms with van der Waals surface area (Å²) < 4.78 is 17.9. The molecule has 1 rings (SSSR count). The Balaban J connectivity index is 2.71. The van der Waals surface area contributed by atoms with Gasteiger partial charge in [0.15, 0.2) is 6.29 Å². The van der Waals surface area contributed by atoms with E-state index in [1.165, 1.54) is 0 Å². The van der Waals surface area contributed by atoms with Crippen LogP contribution in [-0.2, 0) is 4.74 Å². The molecule has 0 saturated carbocycles. The molecule has 0 aromatic heterocycles. The topological polar surface area (TPSA) is 90.2 Å². The lowest BCUT2D eigenvalue weighted by molar-refractivity contribution is -0.132. The van der Waals surface area contributed by atoms with Crippen molar-refractivity contribution >= 4 is 0 Å². The Morgan fingerprint density at radius 2 is 1.90 bits per heavy atom. The van der Waals surface area contributed by atoms with E-state index in [1.54, 1.807) is 0 Å². The summed E-state index contributed by atoms with van der Waals surface area (Å²) in [6, 6.07) is 0. The van der Waals surface area contributed by atoms with E-state index in [1.807, 2.05) is 0 Å². The van der Waals surface area contributed by atoms with Crippen LogP contribution >= 0.6 is 0 Å². The molecule has 60 valence electrons. The molecule has 0 spiro atoms. The highest BCUT2D eigenvalue weighted by Crippen LogP contribution is 2.18. The lowest BCUT2D eigenvalue weighted by Gasteiger charge is -2.09.